The number of ether oxygens (including phenoxy) is 2. The van der Waals surface area contributed by atoms with Crippen LogP contribution in [-0.2, 0) is 16.0 Å². The molecule has 1 aromatic rings. The normalized spacial score (nSPS) is 11.9. The van der Waals surface area contributed by atoms with Crippen LogP contribution in [0.15, 0.2) is 24.3 Å². The topological polar surface area (TPSA) is 55.8 Å². The monoisotopic (exact) mass is 252 g/mol. The number of aliphatic hydroxyl groups excluding tert-OH is 1. The minimum Gasteiger partial charge on any atom is -0.493 e. The van der Waals surface area contributed by atoms with Gasteiger partial charge in [0.1, 0.15) is 5.75 Å². The Bertz CT molecular complexity index is 357. The first kappa shape index (κ1) is 14.5. The smallest absolute Gasteiger partial charge is 0.305 e. The summed E-state index contributed by atoms with van der Waals surface area (Å²) in [6.07, 6.45) is 1.33. The van der Waals surface area contributed by atoms with Crippen LogP contribution in [0.3, 0.4) is 0 Å². The number of methoxy groups -OCH3 is 1. The third-order valence-electron chi connectivity index (χ3n) is 2.57. The average Bonchev–Trinajstić information content (AvgIpc) is 2.37. The second kappa shape index (κ2) is 7.71. The van der Waals surface area contributed by atoms with E-state index in [1.807, 2.05) is 24.3 Å². The van der Waals surface area contributed by atoms with Crippen LogP contribution in [0.2, 0.25) is 0 Å². The largest absolute Gasteiger partial charge is 0.493 e. The molecule has 4 nitrogen and oxygen atoms in total. The van der Waals surface area contributed by atoms with E-state index in [1.54, 1.807) is 6.92 Å². The molecule has 0 amide bonds. The Kier molecular flexibility index (Phi) is 6.22. The molecule has 0 bridgehead atoms. The van der Waals surface area contributed by atoms with Gasteiger partial charge in [0.05, 0.1) is 19.8 Å². The van der Waals surface area contributed by atoms with Crippen molar-refractivity contribution in [1.82, 2.24) is 0 Å². The number of rotatable bonds is 7. The van der Waals surface area contributed by atoms with E-state index in [0.717, 1.165) is 11.3 Å². The highest BCUT2D eigenvalue weighted by atomic mass is 16.5. The molecule has 18 heavy (non-hydrogen) atoms. The van der Waals surface area contributed by atoms with Crippen LogP contribution in [0.4, 0.5) is 0 Å². The molecule has 0 aliphatic rings. The molecule has 100 valence electrons. The van der Waals surface area contributed by atoms with Crippen molar-refractivity contribution in [1.29, 1.82) is 0 Å². The summed E-state index contributed by atoms with van der Waals surface area (Å²) in [5.41, 5.74) is 1.07. The summed E-state index contributed by atoms with van der Waals surface area (Å²) in [5, 5.41) is 9.10. The van der Waals surface area contributed by atoms with Crippen molar-refractivity contribution in [2.24, 2.45) is 0 Å². The van der Waals surface area contributed by atoms with Gasteiger partial charge in [-0.25, -0.2) is 0 Å². The molecule has 1 rings (SSSR count). The van der Waals surface area contributed by atoms with E-state index < -0.39 is 0 Å². The zero-order valence-corrected chi connectivity index (χ0v) is 10.9. The van der Waals surface area contributed by atoms with Crippen LogP contribution in [0.1, 0.15) is 25.3 Å². The molecule has 1 unspecified atom stereocenters. The predicted octanol–water partition coefficient (Wildman–Crippen LogP) is 1.94. The summed E-state index contributed by atoms with van der Waals surface area (Å²) < 4.78 is 10.1. The minimum atomic E-state index is -0.343. The molecule has 0 saturated heterocycles. The lowest BCUT2D eigenvalue weighted by molar-refractivity contribution is -0.140. The van der Waals surface area contributed by atoms with Crippen LogP contribution < -0.4 is 4.74 Å². The highest BCUT2D eigenvalue weighted by Crippen LogP contribution is 2.14. The molecule has 0 aromatic heterocycles. The van der Waals surface area contributed by atoms with Crippen molar-refractivity contribution in [3.63, 3.8) is 0 Å². The molecule has 0 heterocycles. The Morgan fingerprint density at radius 1 is 1.33 bits per heavy atom. The van der Waals surface area contributed by atoms with E-state index in [-0.39, 0.29) is 12.1 Å². The highest BCUT2D eigenvalue weighted by Gasteiger charge is 2.02. The lowest BCUT2D eigenvalue weighted by Crippen LogP contribution is -2.07. The summed E-state index contributed by atoms with van der Waals surface area (Å²) in [7, 11) is 1.39. The lowest BCUT2D eigenvalue weighted by atomic mass is 10.1. The number of carbonyl (C=O) groups excluding carboxylic acids is 1. The van der Waals surface area contributed by atoms with Crippen molar-refractivity contribution in [2.75, 3.05) is 13.7 Å². The van der Waals surface area contributed by atoms with Gasteiger partial charge in [-0.05, 0) is 31.0 Å². The summed E-state index contributed by atoms with van der Waals surface area (Å²) in [4.78, 5) is 11.0. The first-order chi connectivity index (χ1) is 8.61. The van der Waals surface area contributed by atoms with Crippen LogP contribution in [-0.4, -0.2) is 30.9 Å². The van der Waals surface area contributed by atoms with E-state index in [4.69, 9.17) is 9.84 Å². The van der Waals surface area contributed by atoms with Gasteiger partial charge < -0.3 is 14.6 Å². The van der Waals surface area contributed by atoms with E-state index in [2.05, 4.69) is 4.74 Å². The second-order valence-corrected chi connectivity index (χ2v) is 4.21. The highest BCUT2D eigenvalue weighted by molar-refractivity contribution is 5.69. The third kappa shape index (κ3) is 5.68. The molecule has 1 N–H and O–H groups in total. The SMILES string of the molecule is COC(=O)CCc1ccc(OCCC(C)O)cc1. The number of hydrogen-bond donors (Lipinski definition) is 1. The van der Waals surface area contributed by atoms with Crippen LogP contribution >= 0.6 is 0 Å². The van der Waals surface area contributed by atoms with Crippen molar-refractivity contribution < 1.29 is 19.4 Å². The fourth-order valence-corrected chi connectivity index (χ4v) is 1.45. The molecule has 4 heteroatoms. The number of benzene rings is 1. The molecule has 1 atom stereocenters. The van der Waals surface area contributed by atoms with E-state index in [0.29, 0.717) is 25.9 Å². The standard InChI is InChI=1S/C14H20O4/c1-11(15)9-10-18-13-6-3-12(4-7-13)5-8-14(16)17-2/h3-4,6-7,11,15H,5,8-10H2,1-2H3. The predicted molar refractivity (Wildman–Crippen MR) is 68.6 cm³/mol. The Morgan fingerprint density at radius 3 is 2.56 bits per heavy atom. The van der Waals surface area contributed by atoms with Gasteiger partial charge in [0.15, 0.2) is 0 Å². The first-order valence-corrected chi connectivity index (χ1v) is 6.08. The number of carbonyl (C=O) groups is 1. The second-order valence-electron chi connectivity index (χ2n) is 4.21. The summed E-state index contributed by atoms with van der Waals surface area (Å²) >= 11 is 0. The Hall–Kier alpha value is -1.55. The van der Waals surface area contributed by atoms with Gasteiger partial charge in [-0.15, -0.1) is 0 Å². The van der Waals surface area contributed by atoms with Crippen LogP contribution in [0.5, 0.6) is 5.75 Å². The quantitative estimate of drug-likeness (QED) is 0.753. The molecule has 0 spiro atoms. The molecular weight excluding hydrogens is 232 g/mol. The molecular formula is C14H20O4. The lowest BCUT2D eigenvalue weighted by Gasteiger charge is -2.08. The zero-order chi connectivity index (χ0) is 13.4. The van der Waals surface area contributed by atoms with E-state index in [9.17, 15) is 4.79 Å². The fraction of sp³-hybridized carbons (Fsp3) is 0.500. The molecule has 0 fully saturated rings. The van der Waals surface area contributed by atoms with Gasteiger partial charge >= 0.3 is 5.97 Å². The molecule has 0 radical (unpaired) electrons. The van der Waals surface area contributed by atoms with Crippen molar-refractivity contribution in [2.45, 2.75) is 32.3 Å². The summed E-state index contributed by atoms with van der Waals surface area (Å²) in [6.45, 7) is 2.23. The van der Waals surface area contributed by atoms with Gasteiger partial charge in [0, 0.05) is 12.8 Å². The van der Waals surface area contributed by atoms with Crippen LogP contribution in [0, 0.1) is 0 Å². The Labute approximate surface area is 108 Å². The van der Waals surface area contributed by atoms with Gasteiger partial charge in [-0.3, -0.25) is 4.79 Å². The van der Waals surface area contributed by atoms with Crippen molar-refractivity contribution in [3.05, 3.63) is 29.8 Å². The maximum Gasteiger partial charge on any atom is 0.305 e. The fourth-order valence-electron chi connectivity index (χ4n) is 1.45. The van der Waals surface area contributed by atoms with E-state index in [1.165, 1.54) is 7.11 Å². The third-order valence-corrected chi connectivity index (χ3v) is 2.57. The number of esters is 1. The number of hydrogen-bond acceptors (Lipinski definition) is 4. The Morgan fingerprint density at radius 2 is 2.00 bits per heavy atom. The zero-order valence-electron chi connectivity index (χ0n) is 10.9. The Balaban J connectivity index is 2.35. The summed E-state index contributed by atoms with van der Waals surface area (Å²) in [5.74, 6) is 0.574. The molecule has 1 aromatic carbocycles. The van der Waals surface area contributed by atoms with Gasteiger partial charge in [-0.2, -0.15) is 0 Å². The van der Waals surface area contributed by atoms with E-state index >= 15 is 0 Å². The average molecular weight is 252 g/mol. The van der Waals surface area contributed by atoms with Gasteiger partial charge in [-0.1, -0.05) is 12.1 Å². The summed E-state index contributed by atoms with van der Waals surface area (Å²) in [6, 6.07) is 7.60. The maximum atomic E-state index is 11.0. The first-order valence-electron chi connectivity index (χ1n) is 6.08. The van der Waals surface area contributed by atoms with Crippen molar-refractivity contribution >= 4 is 5.97 Å². The molecule has 0 aliphatic carbocycles. The van der Waals surface area contributed by atoms with Crippen molar-refractivity contribution in [3.8, 4) is 5.75 Å². The number of aryl methyl sites for hydroxylation is 1. The van der Waals surface area contributed by atoms with Crippen LogP contribution in [0.25, 0.3) is 0 Å². The van der Waals surface area contributed by atoms with Gasteiger partial charge in [0.25, 0.3) is 0 Å². The maximum absolute atomic E-state index is 11.0. The molecule has 0 saturated carbocycles. The minimum absolute atomic E-state index is 0.202. The van der Waals surface area contributed by atoms with Gasteiger partial charge in [0.2, 0.25) is 0 Å². The number of aliphatic hydroxyl groups is 1. The molecule has 0 aliphatic heterocycles.